The molecule has 1 aliphatic heterocycles. The molecule has 3 N–H and O–H groups in total. The first-order valence-electron chi connectivity index (χ1n) is 10.1. The van der Waals surface area contributed by atoms with Crippen molar-refractivity contribution in [3.05, 3.63) is 33.6 Å². The quantitative estimate of drug-likeness (QED) is 0.621. The number of ether oxygens (including phenoxy) is 1. The number of aryl methyl sites for hydroxylation is 1. The minimum Gasteiger partial charge on any atom is -0.462 e. The van der Waals surface area contributed by atoms with Crippen LogP contribution in [0.15, 0.2) is 17.1 Å². The molecule has 0 radical (unpaired) electrons. The Hall–Kier alpha value is -2.54. The SMILES string of the molecule is CCOC(=O)c1cn(C2CC2)c2c(C)c(N3CCNC(C)C3)c(N)cc2c1=O. The van der Waals surface area contributed by atoms with E-state index in [1.165, 1.54) is 0 Å². The molecule has 150 valence electrons. The third kappa shape index (κ3) is 3.13. The normalized spacial score (nSPS) is 19.8. The monoisotopic (exact) mass is 384 g/mol. The van der Waals surface area contributed by atoms with E-state index in [4.69, 9.17) is 10.5 Å². The summed E-state index contributed by atoms with van der Waals surface area (Å²) in [5.74, 6) is -0.569. The Kier molecular flexibility index (Phi) is 4.79. The number of piperazine rings is 1. The zero-order valence-corrected chi connectivity index (χ0v) is 16.7. The second kappa shape index (κ2) is 7.13. The molecule has 1 atom stereocenters. The van der Waals surface area contributed by atoms with Crippen LogP contribution in [-0.2, 0) is 4.74 Å². The average Bonchev–Trinajstić information content (AvgIpc) is 3.48. The molecule has 7 nitrogen and oxygen atoms in total. The summed E-state index contributed by atoms with van der Waals surface area (Å²) >= 11 is 0. The maximum absolute atomic E-state index is 13.1. The van der Waals surface area contributed by atoms with Gasteiger partial charge in [0, 0.05) is 43.3 Å². The molecule has 1 aromatic heterocycles. The minimum atomic E-state index is -0.569. The van der Waals surface area contributed by atoms with Crippen LogP contribution in [0.25, 0.3) is 10.9 Å². The molecule has 2 aromatic rings. The first-order valence-corrected chi connectivity index (χ1v) is 10.1. The van der Waals surface area contributed by atoms with Gasteiger partial charge in [-0.3, -0.25) is 4.79 Å². The summed E-state index contributed by atoms with van der Waals surface area (Å²) in [5.41, 5.74) is 9.68. The third-order valence-electron chi connectivity index (χ3n) is 5.68. The van der Waals surface area contributed by atoms with Crippen LogP contribution in [0.2, 0.25) is 0 Å². The van der Waals surface area contributed by atoms with Crippen LogP contribution in [0, 0.1) is 6.92 Å². The molecule has 2 aliphatic rings. The molecule has 1 saturated heterocycles. The van der Waals surface area contributed by atoms with Crippen LogP contribution < -0.4 is 21.4 Å². The highest BCUT2D eigenvalue weighted by Gasteiger charge is 2.30. The Labute approximate surface area is 164 Å². The fourth-order valence-corrected chi connectivity index (χ4v) is 4.29. The van der Waals surface area contributed by atoms with Gasteiger partial charge >= 0.3 is 5.97 Å². The van der Waals surface area contributed by atoms with Gasteiger partial charge in [-0.05, 0) is 45.2 Å². The highest BCUT2D eigenvalue weighted by Crippen LogP contribution is 2.41. The topological polar surface area (TPSA) is 89.6 Å². The molecule has 1 aliphatic carbocycles. The number of rotatable bonds is 4. The van der Waals surface area contributed by atoms with Crippen molar-refractivity contribution in [2.24, 2.45) is 0 Å². The Morgan fingerprint density at radius 1 is 1.39 bits per heavy atom. The number of aromatic nitrogens is 1. The Balaban J connectivity index is 1.95. The number of fused-ring (bicyclic) bond motifs is 1. The maximum Gasteiger partial charge on any atom is 0.343 e. The largest absolute Gasteiger partial charge is 0.462 e. The van der Waals surface area contributed by atoms with Crippen LogP contribution in [0.3, 0.4) is 0 Å². The molecule has 0 bridgehead atoms. The Morgan fingerprint density at radius 3 is 2.79 bits per heavy atom. The predicted molar refractivity (Wildman–Crippen MR) is 111 cm³/mol. The lowest BCUT2D eigenvalue weighted by atomic mass is 10.0. The molecule has 1 saturated carbocycles. The van der Waals surface area contributed by atoms with Crippen molar-refractivity contribution in [1.29, 1.82) is 0 Å². The van der Waals surface area contributed by atoms with E-state index in [2.05, 4.69) is 21.7 Å². The molecular weight excluding hydrogens is 356 g/mol. The van der Waals surface area contributed by atoms with E-state index in [0.717, 1.165) is 49.2 Å². The molecule has 1 unspecified atom stereocenters. The van der Waals surface area contributed by atoms with E-state index in [1.54, 1.807) is 19.2 Å². The number of carbonyl (C=O) groups is 1. The summed E-state index contributed by atoms with van der Waals surface area (Å²) < 4.78 is 7.20. The Morgan fingerprint density at radius 2 is 2.14 bits per heavy atom. The highest BCUT2D eigenvalue weighted by atomic mass is 16.5. The standard InChI is InChI=1S/C21H28N4O3/c1-4-28-21(27)16-11-25(14-5-6-14)18-13(3)19(17(22)9-15(18)20(16)26)24-8-7-23-12(2)10-24/h9,11-12,14,23H,4-8,10,22H2,1-3H3. The summed E-state index contributed by atoms with van der Waals surface area (Å²) in [6.45, 7) is 8.80. The average molecular weight is 384 g/mol. The fourth-order valence-electron chi connectivity index (χ4n) is 4.29. The van der Waals surface area contributed by atoms with Crippen molar-refractivity contribution in [3.63, 3.8) is 0 Å². The van der Waals surface area contributed by atoms with Gasteiger partial charge in [-0.1, -0.05) is 0 Å². The van der Waals surface area contributed by atoms with E-state index in [-0.39, 0.29) is 17.6 Å². The molecule has 4 rings (SSSR count). The van der Waals surface area contributed by atoms with Crippen LogP contribution >= 0.6 is 0 Å². The van der Waals surface area contributed by atoms with Gasteiger partial charge in [0.15, 0.2) is 0 Å². The zero-order valence-electron chi connectivity index (χ0n) is 16.7. The maximum atomic E-state index is 13.1. The summed E-state index contributed by atoms with van der Waals surface area (Å²) in [4.78, 5) is 27.7. The minimum absolute atomic E-state index is 0.0867. The number of pyridine rings is 1. The lowest BCUT2D eigenvalue weighted by molar-refractivity contribution is 0.0524. The number of benzene rings is 1. The molecule has 0 spiro atoms. The fraction of sp³-hybridized carbons (Fsp3) is 0.524. The van der Waals surface area contributed by atoms with Crippen molar-refractivity contribution in [2.45, 2.75) is 45.7 Å². The van der Waals surface area contributed by atoms with Gasteiger partial charge in [-0.15, -0.1) is 0 Å². The van der Waals surface area contributed by atoms with Crippen LogP contribution in [-0.4, -0.2) is 42.8 Å². The Bertz CT molecular complexity index is 994. The second-order valence-electron chi connectivity index (χ2n) is 7.87. The van der Waals surface area contributed by atoms with Gasteiger partial charge in [-0.2, -0.15) is 0 Å². The van der Waals surface area contributed by atoms with E-state index in [1.807, 2.05) is 6.92 Å². The number of carbonyl (C=O) groups excluding carboxylic acids is 1. The van der Waals surface area contributed by atoms with Crippen molar-refractivity contribution in [3.8, 4) is 0 Å². The van der Waals surface area contributed by atoms with Gasteiger partial charge in [0.2, 0.25) is 5.43 Å². The molecule has 7 heteroatoms. The molecule has 28 heavy (non-hydrogen) atoms. The lowest BCUT2D eigenvalue weighted by Crippen LogP contribution is -2.49. The smallest absolute Gasteiger partial charge is 0.343 e. The number of nitrogens with one attached hydrogen (secondary N) is 1. The summed E-state index contributed by atoms with van der Waals surface area (Å²) in [6.07, 6.45) is 3.78. The molecule has 2 heterocycles. The molecule has 2 fully saturated rings. The van der Waals surface area contributed by atoms with Crippen molar-refractivity contribution < 1.29 is 9.53 Å². The van der Waals surface area contributed by atoms with E-state index in [9.17, 15) is 9.59 Å². The first kappa shape index (κ1) is 18.8. The number of anilines is 2. The lowest BCUT2D eigenvalue weighted by Gasteiger charge is -2.35. The van der Waals surface area contributed by atoms with Crippen molar-refractivity contribution in [2.75, 3.05) is 36.9 Å². The van der Waals surface area contributed by atoms with E-state index in [0.29, 0.717) is 23.2 Å². The van der Waals surface area contributed by atoms with Gasteiger partial charge in [0.1, 0.15) is 5.56 Å². The summed E-state index contributed by atoms with van der Waals surface area (Å²) in [6, 6.07) is 2.43. The molecule has 1 aromatic carbocycles. The zero-order chi connectivity index (χ0) is 20.0. The van der Waals surface area contributed by atoms with Crippen LogP contribution in [0.4, 0.5) is 11.4 Å². The second-order valence-corrected chi connectivity index (χ2v) is 7.87. The van der Waals surface area contributed by atoms with Gasteiger partial charge in [0.25, 0.3) is 0 Å². The number of hydrogen-bond acceptors (Lipinski definition) is 6. The van der Waals surface area contributed by atoms with Gasteiger partial charge < -0.3 is 25.3 Å². The van der Waals surface area contributed by atoms with E-state index >= 15 is 0 Å². The summed E-state index contributed by atoms with van der Waals surface area (Å²) in [7, 11) is 0. The first-order chi connectivity index (χ1) is 13.4. The third-order valence-corrected chi connectivity index (χ3v) is 5.68. The number of nitrogen functional groups attached to an aromatic ring is 1. The molecule has 0 amide bonds. The van der Waals surface area contributed by atoms with Crippen LogP contribution in [0.5, 0.6) is 0 Å². The van der Waals surface area contributed by atoms with Gasteiger partial charge in [-0.25, -0.2) is 4.79 Å². The number of esters is 1. The van der Waals surface area contributed by atoms with Crippen LogP contribution in [0.1, 0.15) is 48.7 Å². The van der Waals surface area contributed by atoms with Crippen molar-refractivity contribution >= 4 is 28.2 Å². The van der Waals surface area contributed by atoms with Gasteiger partial charge in [0.05, 0.1) is 23.5 Å². The molecular formula is C21H28N4O3. The number of nitrogens with zero attached hydrogens (tertiary/aromatic N) is 2. The number of nitrogens with two attached hydrogens (primary N) is 1. The van der Waals surface area contributed by atoms with Crippen molar-refractivity contribution in [1.82, 2.24) is 9.88 Å². The predicted octanol–water partition coefficient (Wildman–Crippen LogP) is 2.20. The highest BCUT2D eigenvalue weighted by molar-refractivity contribution is 5.98. The number of hydrogen-bond donors (Lipinski definition) is 2. The van der Waals surface area contributed by atoms with E-state index < -0.39 is 5.97 Å². The summed E-state index contributed by atoms with van der Waals surface area (Å²) in [5, 5.41) is 3.95.